The van der Waals surface area contributed by atoms with Crippen molar-refractivity contribution < 1.29 is 9.47 Å². The summed E-state index contributed by atoms with van der Waals surface area (Å²) in [6, 6.07) is 3.97. The average molecular weight is 264 g/mol. The summed E-state index contributed by atoms with van der Waals surface area (Å²) >= 11 is 0. The van der Waals surface area contributed by atoms with Crippen LogP contribution in [0.5, 0.6) is 11.5 Å². The molecule has 4 N–H and O–H groups in total. The fourth-order valence-electron chi connectivity index (χ4n) is 2.49. The fraction of sp³-hybridized carbons (Fsp3) is 0.600. The molecule has 1 aliphatic heterocycles. The second-order valence-corrected chi connectivity index (χ2v) is 5.86. The molecule has 0 aromatic heterocycles. The molecule has 4 heteroatoms. The molecule has 0 radical (unpaired) electrons. The summed E-state index contributed by atoms with van der Waals surface area (Å²) in [6.07, 6.45) is 0.891. The molecule has 0 amide bonds. The Bertz CT molecular complexity index is 458. The van der Waals surface area contributed by atoms with Crippen molar-refractivity contribution in [3.05, 3.63) is 23.3 Å². The Morgan fingerprint density at radius 1 is 1.21 bits per heavy atom. The van der Waals surface area contributed by atoms with Crippen molar-refractivity contribution in [2.75, 3.05) is 19.8 Å². The lowest BCUT2D eigenvalue weighted by molar-refractivity contribution is 0.170. The predicted molar refractivity (Wildman–Crippen MR) is 76.5 cm³/mol. The van der Waals surface area contributed by atoms with E-state index in [1.165, 1.54) is 0 Å². The van der Waals surface area contributed by atoms with Crippen molar-refractivity contribution in [3.63, 3.8) is 0 Å². The van der Waals surface area contributed by atoms with Crippen LogP contribution in [0.4, 0.5) is 0 Å². The van der Waals surface area contributed by atoms with E-state index in [1.54, 1.807) is 0 Å². The molecule has 1 aromatic rings. The Morgan fingerprint density at radius 3 is 2.37 bits per heavy atom. The van der Waals surface area contributed by atoms with Crippen LogP contribution in [0, 0.1) is 12.3 Å². The van der Waals surface area contributed by atoms with Gasteiger partial charge in [-0.05, 0) is 48.6 Å². The van der Waals surface area contributed by atoms with Crippen LogP contribution in [0.15, 0.2) is 12.1 Å². The minimum atomic E-state index is -0.0631. The Hall–Kier alpha value is -1.26. The molecule has 1 atom stereocenters. The number of benzene rings is 1. The number of hydrogen-bond donors (Lipinski definition) is 2. The zero-order valence-corrected chi connectivity index (χ0v) is 12.0. The molecule has 19 heavy (non-hydrogen) atoms. The second-order valence-electron chi connectivity index (χ2n) is 5.86. The Morgan fingerprint density at radius 2 is 1.79 bits per heavy atom. The fourth-order valence-corrected chi connectivity index (χ4v) is 2.49. The highest BCUT2D eigenvalue weighted by molar-refractivity contribution is 5.49. The molecule has 0 spiro atoms. The number of fused-ring (bicyclic) bond motifs is 1. The van der Waals surface area contributed by atoms with Crippen molar-refractivity contribution >= 4 is 0 Å². The lowest BCUT2D eigenvalue weighted by Gasteiger charge is -2.33. The Kier molecular flexibility index (Phi) is 4.02. The SMILES string of the molecule is Cc1cc2c(cc1C(N)C(C)(C)CCN)OCCO2. The number of rotatable bonds is 4. The third-order valence-corrected chi connectivity index (χ3v) is 3.90. The van der Waals surface area contributed by atoms with E-state index >= 15 is 0 Å². The second kappa shape index (κ2) is 5.39. The van der Waals surface area contributed by atoms with Crippen molar-refractivity contribution in [2.45, 2.75) is 33.2 Å². The lowest BCUT2D eigenvalue weighted by Crippen LogP contribution is -2.32. The van der Waals surface area contributed by atoms with Gasteiger partial charge in [-0.1, -0.05) is 13.8 Å². The first kappa shape index (κ1) is 14.2. The first-order chi connectivity index (χ1) is 8.95. The largest absolute Gasteiger partial charge is 0.486 e. The van der Waals surface area contributed by atoms with Gasteiger partial charge >= 0.3 is 0 Å². The van der Waals surface area contributed by atoms with E-state index in [4.69, 9.17) is 20.9 Å². The van der Waals surface area contributed by atoms with E-state index in [9.17, 15) is 0 Å². The van der Waals surface area contributed by atoms with E-state index < -0.39 is 0 Å². The van der Waals surface area contributed by atoms with Gasteiger partial charge in [0.2, 0.25) is 0 Å². The highest BCUT2D eigenvalue weighted by Crippen LogP contribution is 2.40. The number of aryl methyl sites for hydroxylation is 1. The summed E-state index contributed by atoms with van der Waals surface area (Å²) in [7, 11) is 0. The Balaban J connectivity index is 2.34. The topological polar surface area (TPSA) is 70.5 Å². The van der Waals surface area contributed by atoms with Gasteiger partial charge in [0.25, 0.3) is 0 Å². The molecular weight excluding hydrogens is 240 g/mol. The van der Waals surface area contributed by atoms with Gasteiger partial charge in [-0.25, -0.2) is 0 Å². The molecule has 1 aliphatic rings. The molecule has 0 aliphatic carbocycles. The quantitative estimate of drug-likeness (QED) is 0.874. The van der Waals surface area contributed by atoms with Gasteiger partial charge in [-0.15, -0.1) is 0 Å². The normalized spacial score (nSPS) is 16.3. The molecule has 0 bridgehead atoms. The van der Waals surface area contributed by atoms with Crippen LogP contribution in [0.2, 0.25) is 0 Å². The maximum atomic E-state index is 6.44. The zero-order chi connectivity index (χ0) is 14.0. The first-order valence-corrected chi connectivity index (χ1v) is 6.81. The zero-order valence-electron chi connectivity index (χ0n) is 12.0. The summed E-state index contributed by atoms with van der Waals surface area (Å²) in [5.41, 5.74) is 14.3. The third kappa shape index (κ3) is 2.85. The van der Waals surface area contributed by atoms with E-state index in [0.29, 0.717) is 19.8 Å². The lowest BCUT2D eigenvalue weighted by atomic mass is 9.77. The Labute approximate surface area is 115 Å². The third-order valence-electron chi connectivity index (χ3n) is 3.90. The monoisotopic (exact) mass is 264 g/mol. The van der Waals surface area contributed by atoms with Crippen molar-refractivity contribution in [1.29, 1.82) is 0 Å². The van der Waals surface area contributed by atoms with E-state index in [2.05, 4.69) is 20.8 Å². The molecular formula is C15H24N2O2. The molecule has 0 saturated carbocycles. The predicted octanol–water partition coefficient (Wildman–Crippen LogP) is 2.14. The molecule has 106 valence electrons. The van der Waals surface area contributed by atoms with E-state index in [0.717, 1.165) is 29.0 Å². The van der Waals surface area contributed by atoms with Gasteiger partial charge in [0.1, 0.15) is 13.2 Å². The van der Waals surface area contributed by atoms with Crippen LogP contribution in [-0.2, 0) is 0 Å². The van der Waals surface area contributed by atoms with Crippen molar-refractivity contribution in [2.24, 2.45) is 16.9 Å². The van der Waals surface area contributed by atoms with Gasteiger partial charge in [-0.2, -0.15) is 0 Å². The van der Waals surface area contributed by atoms with Gasteiger partial charge in [0, 0.05) is 6.04 Å². The summed E-state index contributed by atoms with van der Waals surface area (Å²) < 4.78 is 11.2. The van der Waals surface area contributed by atoms with Gasteiger partial charge in [-0.3, -0.25) is 0 Å². The van der Waals surface area contributed by atoms with Crippen LogP contribution < -0.4 is 20.9 Å². The highest BCUT2D eigenvalue weighted by Gasteiger charge is 2.29. The van der Waals surface area contributed by atoms with Gasteiger partial charge < -0.3 is 20.9 Å². The van der Waals surface area contributed by atoms with Crippen LogP contribution in [0.3, 0.4) is 0 Å². The number of hydrogen-bond acceptors (Lipinski definition) is 4. The number of ether oxygens (including phenoxy) is 2. The van der Waals surface area contributed by atoms with Crippen LogP contribution in [0.25, 0.3) is 0 Å². The highest BCUT2D eigenvalue weighted by atomic mass is 16.6. The summed E-state index contributed by atoms with van der Waals surface area (Å²) in [5, 5.41) is 0. The van der Waals surface area contributed by atoms with Crippen LogP contribution in [0.1, 0.15) is 37.4 Å². The van der Waals surface area contributed by atoms with Crippen molar-refractivity contribution in [1.82, 2.24) is 0 Å². The van der Waals surface area contributed by atoms with E-state index in [1.807, 2.05) is 12.1 Å². The van der Waals surface area contributed by atoms with Crippen LogP contribution in [-0.4, -0.2) is 19.8 Å². The minimum absolute atomic E-state index is 0.0384. The first-order valence-electron chi connectivity index (χ1n) is 6.81. The van der Waals surface area contributed by atoms with Crippen molar-refractivity contribution in [3.8, 4) is 11.5 Å². The average Bonchev–Trinajstić information content (AvgIpc) is 2.37. The van der Waals surface area contributed by atoms with Crippen LogP contribution >= 0.6 is 0 Å². The van der Waals surface area contributed by atoms with Gasteiger partial charge in [0.15, 0.2) is 11.5 Å². The molecule has 2 rings (SSSR count). The summed E-state index contributed by atoms with van der Waals surface area (Å²) in [4.78, 5) is 0. The minimum Gasteiger partial charge on any atom is -0.486 e. The molecule has 1 aromatic carbocycles. The number of nitrogens with two attached hydrogens (primary N) is 2. The smallest absolute Gasteiger partial charge is 0.161 e. The summed E-state index contributed by atoms with van der Waals surface area (Å²) in [5.74, 6) is 1.61. The molecule has 4 nitrogen and oxygen atoms in total. The maximum Gasteiger partial charge on any atom is 0.161 e. The van der Waals surface area contributed by atoms with E-state index in [-0.39, 0.29) is 11.5 Å². The molecule has 1 unspecified atom stereocenters. The molecule has 0 saturated heterocycles. The summed E-state index contributed by atoms with van der Waals surface area (Å²) in [6.45, 7) is 8.21. The molecule has 0 fully saturated rings. The molecule has 1 heterocycles. The standard InChI is InChI=1S/C15H24N2O2/c1-10-8-12-13(19-7-6-18-12)9-11(10)14(17)15(2,3)4-5-16/h8-9,14H,4-7,16-17H2,1-3H3. The maximum absolute atomic E-state index is 6.44. The van der Waals surface area contributed by atoms with Gasteiger partial charge in [0.05, 0.1) is 0 Å².